The van der Waals surface area contributed by atoms with Crippen molar-refractivity contribution in [3.63, 3.8) is 0 Å². The molecule has 21 heavy (non-hydrogen) atoms. The maximum absolute atomic E-state index is 12.6. The van der Waals surface area contributed by atoms with E-state index in [9.17, 15) is 9.59 Å². The number of amides is 2. The highest BCUT2D eigenvalue weighted by Crippen LogP contribution is 2.18. The highest BCUT2D eigenvalue weighted by atomic mass is 16.2. The first-order valence-electron chi connectivity index (χ1n) is 7.42. The van der Waals surface area contributed by atoms with Gasteiger partial charge in [0.05, 0.1) is 12.1 Å². The monoisotopic (exact) mass is 291 g/mol. The number of carbonyl (C=O) groups excluding carboxylic acids is 2. The largest absolute Gasteiger partial charge is 0.398 e. The summed E-state index contributed by atoms with van der Waals surface area (Å²) in [5.41, 5.74) is 7.80. The molecule has 0 radical (unpaired) electrons. The minimum atomic E-state index is -0.190. The van der Waals surface area contributed by atoms with E-state index in [-0.39, 0.29) is 18.4 Å². The lowest BCUT2D eigenvalue weighted by Crippen LogP contribution is -2.41. The topological polar surface area (TPSA) is 75.4 Å². The Morgan fingerprint density at radius 3 is 2.57 bits per heavy atom. The van der Waals surface area contributed by atoms with E-state index in [0.717, 1.165) is 18.4 Å². The number of carbonyl (C=O) groups is 2. The number of nitrogens with one attached hydrogen (secondary N) is 1. The van der Waals surface area contributed by atoms with Gasteiger partial charge in [-0.1, -0.05) is 26.0 Å². The highest BCUT2D eigenvalue weighted by molar-refractivity contribution is 6.01. The van der Waals surface area contributed by atoms with Gasteiger partial charge < -0.3 is 16.0 Å². The van der Waals surface area contributed by atoms with Gasteiger partial charge in [0.2, 0.25) is 5.91 Å². The van der Waals surface area contributed by atoms with Crippen molar-refractivity contribution >= 4 is 17.5 Å². The summed E-state index contributed by atoms with van der Waals surface area (Å²) < 4.78 is 0. The lowest BCUT2D eigenvalue weighted by molar-refractivity contribution is -0.121. The number of aryl methyl sites for hydroxylation is 1. The number of anilines is 1. The Labute approximate surface area is 126 Å². The van der Waals surface area contributed by atoms with E-state index >= 15 is 0 Å². The van der Waals surface area contributed by atoms with Gasteiger partial charge >= 0.3 is 0 Å². The third-order valence-electron chi connectivity index (χ3n) is 3.24. The maximum Gasteiger partial charge on any atom is 0.256 e. The zero-order valence-electron chi connectivity index (χ0n) is 13.1. The van der Waals surface area contributed by atoms with Gasteiger partial charge in [0.25, 0.3) is 5.91 Å². The minimum absolute atomic E-state index is 0.0695. The average Bonchev–Trinajstić information content (AvgIpc) is 2.47. The first-order chi connectivity index (χ1) is 10.0. The molecule has 3 N–H and O–H groups in total. The van der Waals surface area contributed by atoms with Crippen molar-refractivity contribution in [1.82, 2.24) is 10.2 Å². The summed E-state index contributed by atoms with van der Waals surface area (Å²) in [6.45, 7) is 7.06. The van der Waals surface area contributed by atoms with Gasteiger partial charge in [0, 0.05) is 18.8 Å². The van der Waals surface area contributed by atoms with E-state index in [1.165, 1.54) is 0 Å². The third-order valence-corrected chi connectivity index (χ3v) is 3.24. The number of nitrogens with zero attached hydrogens (tertiary/aromatic N) is 1. The maximum atomic E-state index is 12.6. The molecule has 1 aromatic carbocycles. The second-order valence-electron chi connectivity index (χ2n) is 5.11. The van der Waals surface area contributed by atoms with Crippen molar-refractivity contribution in [1.29, 1.82) is 0 Å². The van der Waals surface area contributed by atoms with Crippen LogP contribution in [0.3, 0.4) is 0 Å². The summed E-state index contributed by atoms with van der Waals surface area (Å²) >= 11 is 0. The van der Waals surface area contributed by atoms with Crippen LogP contribution in [0.15, 0.2) is 18.2 Å². The Bertz CT molecular complexity index is 500. The van der Waals surface area contributed by atoms with Crippen LogP contribution in [0, 0.1) is 6.92 Å². The predicted octanol–water partition coefficient (Wildman–Crippen LogP) is 1.96. The summed E-state index contributed by atoms with van der Waals surface area (Å²) in [6, 6.07) is 5.38. The molecule has 0 aliphatic heterocycles. The smallest absolute Gasteiger partial charge is 0.256 e. The van der Waals surface area contributed by atoms with Crippen LogP contribution in [-0.4, -0.2) is 36.3 Å². The molecule has 1 rings (SSSR count). The fraction of sp³-hybridized carbons (Fsp3) is 0.500. The van der Waals surface area contributed by atoms with Gasteiger partial charge in [-0.05, 0) is 31.4 Å². The first-order valence-corrected chi connectivity index (χ1v) is 7.42. The number of para-hydroxylation sites is 1. The molecule has 0 heterocycles. The summed E-state index contributed by atoms with van der Waals surface area (Å²) in [5.74, 6) is -0.324. The molecule has 0 atom stereocenters. The van der Waals surface area contributed by atoms with Crippen LogP contribution in [0.25, 0.3) is 0 Å². The predicted molar refractivity (Wildman–Crippen MR) is 85.1 cm³/mol. The Morgan fingerprint density at radius 1 is 1.24 bits per heavy atom. The Kier molecular flexibility index (Phi) is 6.72. The van der Waals surface area contributed by atoms with Crippen LogP contribution in [0.2, 0.25) is 0 Å². The molecular weight excluding hydrogens is 266 g/mol. The molecule has 5 heteroatoms. The van der Waals surface area contributed by atoms with Crippen molar-refractivity contribution in [3.8, 4) is 0 Å². The average molecular weight is 291 g/mol. The fourth-order valence-electron chi connectivity index (χ4n) is 2.05. The lowest BCUT2D eigenvalue weighted by Gasteiger charge is -2.22. The van der Waals surface area contributed by atoms with Crippen molar-refractivity contribution in [3.05, 3.63) is 29.3 Å². The molecule has 0 aliphatic carbocycles. The molecular formula is C16H25N3O2. The zero-order valence-corrected chi connectivity index (χ0v) is 13.1. The quantitative estimate of drug-likeness (QED) is 0.754. The van der Waals surface area contributed by atoms with Crippen LogP contribution in [0.4, 0.5) is 5.69 Å². The van der Waals surface area contributed by atoms with Gasteiger partial charge in [0.1, 0.15) is 0 Å². The molecule has 5 nitrogen and oxygen atoms in total. The minimum Gasteiger partial charge on any atom is -0.398 e. The number of hydrogen-bond acceptors (Lipinski definition) is 3. The van der Waals surface area contributed by atoms with Crippen LogP contribution in [0.1, 0.15) is 42.6 Å². The van der Waals surface area contributed by atoms with Gasteiger partial charge in [-0.25, -0.2) is 0 Å². The Hall–Kier alpha value is -2.04. The molecule has 2 amide bonds. The van der Waals surface area contributed by atoms with Crippen LogP contribution < -0.4 is 11.1 Å². The number of rotatable bonds is 7. The van der Waals surface area contributed by atoms with E-state index in [4.69, 9.17) is 5.73 Å². The van der Waals surface area contributed by atoms with E-state index in [0.29, 0.717) is 24.3 Å². The summed E-state index contributed by atoms with van der Waals surface area (Å²) in [5, 5.41) is 2.79. The second kappa shape index (κ2) is 8.29. The Balaban J connectivity index is 2.86. The summed E-state index contributed by atoms with van der Waals surface area (Å²) in [7, 11) is 0. The number of hydrogen-bond donors (Lipinski definition) is 2. The molecule has 0 bridgehead atoms. The van der Waals surface area contributed by atoms with E-state index < -0.39 is 0 Å². The molecule has 0 fully saturated rings. The molecule has 1 aromatic rings. The second-order valence-corrected chi connectivity index (χ2v) is 5.11. The molecule has 0 aliphatic rings. The van der Waals surface area contributed by atoms with Gasteiger partial charge in [0.15, 0.2) is 0 Å². The fourth-order valence-corrected chi connectivity index (χ4v) is 2.05. The number of nitrogen functional groups attached to an aromatic ring is 1. The third kappa shape index (κ3) is 4.77. The van der Waals surface area contributed by atoms with Gasteiger partial charge in [-0.15, -0.1) is 0 Å². The normalized spacial score (nSPS) is 10.2. The molecule has 0 aromatic heterocycles. The lowest BCUT2D eigenvalue weighted by atomic mass is 10.1. The summed E-state index contributed by atoms with van der Waals surface area (Å²) in [4.78, 5) is 26.0. The van der Waals surface area contributed by atoms with Crippen LogP contribution >= 0.6 is 0 Å². The van der Waals surface area contributed by atoms with Gasteiger partial charge in [-0.3, -0.25) is 9.59 Å². The Morgan fingerprint density at radius 2 is 1.95 bits per heavy atom. The number of benzene rings is 1. The molecule has 0 saturated carbocycles. The molecule has 116 valence electrons. The number of nitrogens with two attached hydrogens (primary N) is 1. The van der Waals surface area contributed by atoms with E-state index in [1.54, 1.807) is 17.0 Å². The van der Waals surface area contributed by atoms with Crippen molar-refractivity contribution < 1.29 is 9.59 Å². The van der Waals surface area contributed by atoms with Crippen molar-refractivity contribution in [2.45, 2.75) is 33.6 Å². The standard InChI is InChI=1S/C16H25N3O2/c1-4-9-18-14(20)11-19(10-5-2)16(21)13-8-6-7-12(3)15(13)17/h6-8H,4-5,9-11,17H2,1-3H3,(H,18,20). The SMILES string of the molecule is CCCNC(=O)CN(CCC)C(=O)c1cccc(C)c1N. The van der Waals surface area contributed by atoms with E-state index in [2.05, 4.69) is 5.32 Å². The molecule has 0 unspecified atom stereocenters. The zero-order chi connectivity index (χ0) is 15.8. The van der Waals surface area contributed by atoms with Crippen molar-refractivity contribution in [2.75, 3.05) is 25.4 Å². The first kappa shape index (κ1) is 17.0. The van der Waals surface area contributed by atoms with Crippen molar-refractivity contribution in [2.24, 2.45) is 0 Å². The van der Waals surface area contributed by atoms with Gasteiger partial charge in [-0.2, -0.15) is 0 Å². The highest BCUT2D eigenvalue weighted by Gasteiger charge is 2.20. The van der Waals surface area contributed by atoms with Crippen LogP contribution in [0.5, 0.6) is 0 Å². The summed E-state index contributed by atoms with van der Waals surface area (Å²) in [6.07, 6.45) is 1.66. The van der Waals surface area contributed by atoms with E-state index in [1.807, 2.05) is 26.8 Å². The molecule has 0 saturated heterocycles. The molecule has 0 spiro atoms. The van der Waals surface area contributed by atoms with Crippen LogP contribution in [-0.2, 0) is 4.79 Å².